The molecular formula is C8H18N2OS. The first-order valence-electron chi connectivity index (χ1n) is 4.48. The third kappa shape index (κ3) is 2.06. The van der Waals surface area contributed by atoms with Crippen molar-refractivity contribution in [3.05, 3.63) is 0 Å². The SMILES string of the molecule is CC1CCCC(CN)N1S(C)=O. The van der Waals surface area contributed by atoms with Crippen molar-refractivity contribution >= 4 is 11.0 Å². The van der Waals surface area contributed by atoms with Crippen LogP contribution in [0, 0.1) is 0 Å². The summed E-state index contributed by atoms with van der Waals surface area (Å²) in [6, 6.07) is 0.762. The third-order valence-corrected chi connectivity index (χ3v) is 3.77. The smallest absolute Gasteiger partial charge is 0.0916 e. The van der Waals surface area contributed by atoms with Gasteiger partial charge in [0, 0.05) is 24.9 Å². The second-order valence-electron chi connectivity index (χ2n) is 3.45. The minimum Gasteiger partial charge on any atom is -0.329 e. The van der Waals surface area contributed by atoms with E-state index in [0.29, 0.717) is 18.6 Å². The van der Waals surface area contributed by atoms with Crippen LogP contribution in [0.1, 0.15) is 26.2 Å². The van der Waals surface area contributed by atoms with E-state index in [9.17, 15) is 4.21 Å². The van der Waals surface area contributed by atoms with Gasteiger partial charge >= 0.3 is 0 Å². The number of hydrogen-bond donors (Lipinski definition) is 1. The Labute approximate surface area is 76.9 Å². The highest BCUT2D eigenvalue weighted by atomic mass is 32.2. The Kier molecular flexibility index (Phi) is 3.68. The molecule has 1 aliphatic heterocycles. The van der Waals surface area contributed by atoms with Crippen molar-refractivity contribution in [3.63, 3.8) is 0 Å². The van der Waals surface area contributed by atoms with Crippen molar-refractivity contribution in [2.24, 2.45) is 5.73 Å². The van der Waals surface area contributed by atoms with Crippen molar-refractivity contribution in [2.45, 2.75) is 38.3 Å². The quantitative estimate of drug-likeness (QED) is 0.688. The van der Waals surface area contributed by atoms with Gasteiger partial charge in [0.1, 0.15) is 0 Å². The van der Waals surface area contributed by atoms with Gasteiger partial charge in [-0.05, 0) is 19.8 Å². The number of rotatable bonds is 2. The molecule has 3 atom stereocenters. The highest BCUT2D eigenvalue weighted by molar-refractivity contribution is 7.81. The van der Waals surface area contributed by atoms with Gasteiger partial charge in [0.2, 0.25) is 0 Å². The van der Waals surface area contributed by atoms with E-state index in [0.717, 1.165) is 12.8 Å². The molecule has 0 amide bonds. The predicted octanol–water partition coefficient (Wildman–Crippen LogP) is 0.482. The van der Waals surface area contributed by atoms with Crippen LogP contribution in [-0.4, -0.2) is 33.4 Å². The van der Waals surface area contributed by atoms with Crippen molar-refractivity contribution in [1.29, 1.82) is 0 Å². The van der Waals surface area contributed by atoms with E-state index < -0.39 is 11.0 Å². The van der Waals surface area contributed by atoms with Gasteiger partial charge in [-0.3, -0.25) is 0 Å². The topological polar surface area (TPSA) is 46.3 Å². The van der Waals surface area contributed by atoms with E-state index in [1.54, 1.807) is 6.26 Å². The Morgan fingerprint density at radius 3 is 2.67 bits per heavy atom. The molecule has 3 unspecified atom stereocenters. The molecule has 0 aliphatic carbocycles. The van der Waals surface area contributed by atoms with Crippen molar-refractivity contribution in [3.8, 4) is 0 Å². The average molecular weight is 190 g/mol. The minimum atomic E-state index is -0.859. The molecule has 3 nitrogen and oxygen atoms in total. The molecule has 0 aromatic carbocycles. The molecule has 1 saturated heterocycles. The van der Waals surface area contributed by atoms with E-state index >= 15 is 0 Å². The lowest BCUT2D eigenvalue weighted by molar-refractivity contribution is 0.206. The van der Waals surface area contributed by atoms with Crippen LogP contribution in [-0.2, 0) is 11.0 Å². The Morgan fingerprint density at radius 2 is 2.25 bits per heavy atom. The Morgan fingerprint density at radius 1 is 1.58 bits per heavy atom. The molecule has 1 aliphatic rings. The summed E-state index contributed by atoms with van der Waals surface area (Å²) >= 11 is 0. The minimum absolute atomic E-state index is 0.333. The zero-order chi connectivity index (χ0) is 9.14. The standard InChI is InChI=1S/C8H18N2OS/c1-7-4-3-5-8(6-9)10(7)12(2)11/h7-8H,3-6,9H2,1-2H3. The van der Waals surface area contributed by atoms with Crippen LogP contribution in [0.15, 0.2) is 0 Å². The van der Waals surface area contributed by atoms with E-state index in [2.05, 4.69) is 6.92 Å². The van der Waals surface area contributed by atoms with Gasteiger partial charge in [0.15, 0.2) is 0 Å². The molecule has 1 fully saturated rings. The molecule has 0 spiro atoms. The van der Waals surface area contributed by atoms with Crippen LogP contribution in [0.5, 0.6) is 0 Å². The van der Waals surface area contributed by atoms with Gasteiger partial charge in [-0.15, -0.1) is 0 Å². The number of hydrogen-bond acceptors (Lipinski definition) is 2. The molecule has 0 aromatic heterocycles. The summed E-state index contributed by atoms with van der Waals surface area (Å²) in [7, 11) is -0.859. The first kappa shape index (κ1) is 10.2. The van der Waals surface area contributed by atoms with Gasteiger partial charge in [0.25, 0.3) is 0 Å². The first-order valence-corrected chi connectivity index (χ1v) is 6.00. The van der Waals surface area contributed by atoms with Gasteiger partial charge in [-0.25, -0.2) is 8.51 Å². The zero-order valence-electron chi connectivity index (χ0n) is 7.82. The third-order valence-electron chi connectivity index (χ3n) is 2.52. The zero-order valence-corrected chi connectivity index (χ0v) is 8.64. The molecule has 1 rings (SSSR count). The maximum Gasteiger partial charge on any atom is 0.0916 e. The van der Waals surface area contributed by atoms with E-state index in [1.165, 1.54) is 6.42 Å². The lowest BCUT2D eigenvalue weighted by Gasteiger charge is -2.37. The lowest BCUT2D eigenvalue weighted by Crippen LogP contribution is -2.49. The Hall–Kier alpha value is 0.0700. The molecule has 1 heterocycles. The fourth-order valence-corrected chi connectivity index (χ4v) is 3.17. The molecular weight excluding hydrogens is 172 g/mol. The second-order valence-corrected chi connectivity index (χ2v) is 4.72. The van der Waals surface area contributed by atoms with Gasteiger partial charge < -0.3 is 5.73 Å². The summed E-state index contributed by atoms with van der Waals surface area (Å²) in [6.07, 6.45) is 5.21. The number of piperidine rings is 1. The molecule has 0 bridgehead atoms. The van der Waals surface area contributed by atoms with E-state index in [-0.39, 0.29) is 0 Å². The van der Waals surface area contributed by atoms with Crippen molar-refractivity contribution in [1.82, 2.24) is 4.31 Å². The molecule has 72 valence electrons. The first-order chi connectivity index (χ1) is 5.66. The number of nitrogens with zero attached hydrogens (tertiary/aromatic N) is 1. The highest BCUT2D eigenvalue weighted by Gasteiger charge is 2.29. The summed E-state index contributed by atoms with van der Waals surface area (Å²) in [5, 5.41) is 0. The van der Waals surface area contributed by atoms with Crippen LogP contribution in [0.4, 0.5) is 0 Å². The lowest BCUT2D eigenvalue weighted by atomic mass is 10.00. The van der Waals surface area contributed by atoms with Crippen LogP contribution >= 0.6 is 0 Å². The van der Waals surface area contributed by atoms with Crippen LogP contribution in [0.25, 0.3) is 0 Å². The molecule has 0 aromatic rings. The monoisotopic (exact) mass is 190 g/mol. The fourth-order valence-electron chi connectivity index (χ4n) is 1.95. The van der Waals surface area contributed by atoms with Crippen LogP contribution in [0.2, 0.25) is 0 Å². The maximum absolute atomic E-state index is 11.4. The predicted molar refractivity (Wildman–Crippen MR) is 52.1 cm³/mol. The van der Waals surface area contributed by atoms with Crippen LogP contribution < -0.4 is 5.73 Å². The van der Waals surface area contributed by atoms with Crippen molar-refractivity contribution < 1.29 is 4.21 Å². The Bertz CT molecular complexity index is 174. The summed E-state index contributed by atoms with van der Waals surface area (Å²) in [4.78, 5) is 0. The maximum atomic E-state index is 11.4. The molecule has 12 heavy (non-hydrogen) atoms. The molecule has 2 N–H and O–H groups in total. The highest BCUT2D eigenvalue weighted by Crippen LogP contribution is 2.22. The Balaban J connectivity index is 2.66. The normalized spacial score (nSPS) is 34.9. The van der Waals surface area contributed by atoms with E-state index in [4.69, 9.17) is 5.73 Å². The average Bonchev–Trinajstić information content (AvgIpc) is 2.03. The number of nitrogens with two attached hydrogens (primary N) is 1. The summed E-state index contributed by atoms with van der Waals surface area (Å²) in [5.41, 5.74) is 5.62. The van der Waals surface area contributed by atoms with Gasteiger partial charge in [0.05, 0.1) is 11.0 Å². The summed E-state index contributed by atoms with van der Waals surface area (Å²) < 4.78 is 13.4. The van der Waals surface area contributed by atoms with E-state index in [1.807, 2.05) is 4.31 Å². The van der Waals surface area contributed by atoms with Gasteiger partial charge in [-0.2, -0.15) is 0 Å². The van der Waals surface area contributed by atoms with Gasteiger partial charge in [-0.1, -0.05) is 6.42 Å². The molecule has 0 radical (unpaired) electrons. The largest absolute Gasteiger partial charge is 0.329 e. The van der Waals surface area contributed by atoms with Crippen molar-refractivity contribution in [2.75, 3.05) is 12.8 Å². The second kappa shape index (κ2) is 4.35. The molecule has 4 heteroatoms. The summed E-state index contributed by atoms with van der Waals surface area (Å²) in [5.74, 6) is 0. The summed E-state index contributed by atoms with van der Waals surface area (Å²) in [6.45, 7) is 2.76. The van der Waals surface area contributed by atoms with Crippen LogP contribution in [0.3, 0.4) is 0 Å². The molecule has 0 saturated carbocycles. The fraction of sp³-hybridized carbons (Fsp3) is 1.00.